The smallest absolute Gasteiger partial charge is 0.377 e. The molecule has 0 aliphatic rings. The van der Waals surface area contributed by atoms with Crippen LogP contribution in [-0.2, 0) is 15.7 Å². The molecule has 0 aliphatic carbocycles. The first kappa shape index (κ1) is 15.7. The molecule has 1 unspecified atom stereocenters. The van der Waals surface area contributed by atoms with Crippen LogP contribution in [0.5, 0.6) is 0 Å². The Labute approximate surface area is 116 Å². The number of halogens is 4. The zero-order valence-electron chi connectivity index (χ0n) is 9.79. The van der Waals surface area contributed by atoms with Gasteiger partial charge >= 0.3 is 6.18 Å². The number of rotatable bonds is 4. The van der Waals surface area contributed by atoms with E-state index in [1.54, 1.807) is 6.07 Å². The molecule has 3 nitrogen and oxygen atoms in total. The highest BCUT2D eigenvalue weighted by Gasteiger charge is 2.35. The minimum absolute atomic E-state index is 0.0145. The van der Waals surface area contributed by atoms with Crippen molar-refractivity contribution in [1.82, 2.24) is 0 Å². The summed E-state index contributed by atoms with van der Waals surface area (Å²) in [6, 6.07) is 5.04. The van der Waals surface area contributed by atoms with E-state index in [-0.39, 0.29) is 16.6 Å². The number of Topliss-reactive ketones (excluding diaryl/α,β-unsaturated/α-hetero) is 1. The molecule has 0 saturated heterocycles. The van der Waals surface area contributed by atoms with E-state index in [1.807, 2.05) is 0 Å². The van der Waals surface area contributed by atoms with Crippen LogP contribution in [0, 0.1) is 11.3 Å². The summed E-state index contributed by atoms with van der Waals surface area (Å²) in [7, 11) is 1.27. The normalized spacial score (nSPS) is 12.8. The van der Waals surface area contributed by atoms with E-state index in [2.05, 4.69) is 20.7 Å². The fourth-order valence-electron chi connectivity index (χ4n) is 1.53. The van der Waals surface area contributed by atoms with Gasteiger partial charge in [-0.1, -0.05) is 12.1 Å². The number of methoxy groups -OCH3 is 1. The van der Waals surface area contributed by atoms with E-state index in [0.29, 0.717) is 0 Å². The zero-order valence-corrected chi connectivity index (χ0v) is 11.4. The highest BCUT2D eigenvalue weighted by molar-refractivity contribution is 9.10. The molecule has 1 rings (SSSR count). The second-order valence-electron chi connectivity index (χ2n) is 3.67. The first-order chi connectivity index (χ1) is 8.82. The minimum atomic E-state index is -4.56. The van der Waals surface area contributed by atoms with Crippen molar-refractivity contribution < 1.29 is 22.7 Å². The molecule has 0 saturated carbocycles. The van der Waals surface area contributed by atoms with Crippen LogP contribution in [0.25, 0.3) is 0 Å². The van der Waals surface area contributed by atoms with Gasteiger partial charge in [0.15, 0.2) is 5.78 Å². The second-order valence-corrected chi connectivity index (χ2v) is 4.46. The van der Waals surface area contributed by atoms with E-state index in [0.717, 1.165) is 12.1 Å². The van der Waals surface area contributed by atoms with Crippen LogP contribution < -0.4 is 0 Å². The Morgan fingerprint density at radius 3 is 2.63 bits per heavy atom. The summed E-state index contributed by atoms with van der Waals surface area (Å²) in [6.45, 7) is -0.332. The molecule has 0 amide bonds. The lowest BCUT2D eigenvalue weighted by Gasteiger charge is -2.15. The minimum Gasteiger partial charge on any atom is -0.377 e. The Bertz CT molecular complexity index is 523. The van der Waals surface area contributed by atoms with Gasteiger partial charge in [0.05, 0.1) is 11.6 Å². The Morgan fingerprint density at radius 2 is 2.16 bits per heavy atom. The molecule has 0 aromatic heterocycles. The van der Waals surface area contributed by atoms with Crippen molar-refractivity contribution in [2.75, 3.05) is 13.7 Å². The maximum Gasteiger partial charge on any atom is 0.417 e. The third-order valence-corrected chi connectivity index (χ3v) is 3.27. The predicted molar refractivity (Wildman–Crippen MR) is 64.4 cm³/mol. The first-order valence-electron chi connectivity index (χ1n) is 5.09. The molecule has 0 aliphatic heterocycles. The highest BCUT2D eigenvalue weighted by atomic mass is 79.9. The monoisotopic (exact) mass is 335 g/mol. The van der Waals surface area contributed by atoms with Crippen molar-refractivity contribution >= 4 is 21.7 Å². The Balaban J connectivity index is 3.28. The van der Waals surface area contributed by atoms with Crippen LogP contribution in [0.2, 0.25) is 0 Å². The molecular formula is C12H9BrF3NO2. The number of ketones is 1. The van der Waals surface area contributed by atoms with Gasteiger partial charge in [-0.05, 0) is 27.6 Å². The number of nitriles is 1. The SMILES string of the molecule is COCC(=O)C(C#N)c1cccc(C(F)(F)F)c1Br. The molecule has 102 valence electrons. The zero-order chi connectivity index (χ0) is 14.6. The van der Waals surface area contributed by atoms with Gasteiger partial charge in [-0.3, -0.25) is 4.79 Å². The van der Waals surface area contributed by atoms with Crippen molar-refractivity contribution in [2.45, 2.75) is 12.1 Å². The number of carbonyl (C=O) groups is 1. The lowest BCUT2D eigenvalue weighted by atomic mass is 9.95. The van der Waals surface area contributed by atoms with Gasteiger partial charge in [0, 0.05) is 11.6 Å². The molecule has 0 heterocycles. The molecule has 0 radical (unpaired) electrons. The molecule has 1 atom stereocenters. The summed E-state index contributed by atoms with van der Waals surface area (Å²) >= 11 is 2.81. The molecule has 1 aromatic carbocycles. The van der Waals surface area contributed by atoms with Crippen molar-refractivity contribution in [3.63, 3.8) is 0 Å². The number of benzene rings is 1. The fourth-order valence-corrected chi connectivity index (χ4v) is 2.25. The summed E-state index contributed by atoms with van der Waals surface area (Å²) in [4.78, 5) is 11.6. The number of ether oxygens (including phenoxy) is 1. The predicted octanol–water partition coefficient (Wildman–Crippen LogP) is 3.29. The largest absolute Gasteiger partial charge is 0.417 e. The Kier molecular flexibility index (Phi) is 5.09. The number of alkyl halides is 3. The molecule has 7 heteroatoms. The summed E-state index contributed by atoms with van der Waals surface area (Å²) in [5, 5.41) is 8.97. The third kappa shape index (κ3) is 3.55. The average Bonchev–Trinajstić information content (AvgIpc) is 2.31. The number of nitrogens with zero attached hydrogens (tertiary/aromatic N) is 1. The molecule has 1 aromatic rings. The average molecular weight is 336 g/mol. The topological polar surface area (TPSA) is 50.1 Å². The molecule has 0 bridgehead atoms. The van der Waals surface area contributed by atoms with Gasteiger partial charge < -0.3 is 4.74 Å². The molecule has 0 spiro atoms. The van der Waals surface area contributed by atoms with Crippen molar-refractivity contribution in [2.24, 2.45) is 0 Å². The van der Waals surface area contributed by atoms with Gasteiger partial charge in [0.25, 0.3) is 0 Å². The summed E-state index contributed by atoms with van der Waals surface area (Å²) in [6.07, 6.45) is -4.56. The third-order valence-electron chi connectivity index (χ3n) is 2.38. The lowest BCUT2D eigenvalue weighted by Crippen LogP contribution is -2.18. The quantitative estimate of drug-likeness (QED) is 0.848. The van der Waals surface area contributed by atoms with Crippen LogP contribution in [0.4, 0.5) is 13.2 Å². The van der Waals surface area contributed by atoms with Gasteiger partial charge in [0.2, 0.25) is 0 Å². The Morgan fingerprint density at radius 1 is 1.53 bits per heavy atom. The van der Waals surface area contributed by atoms with Gasteiger partial charge in [0.1, 0.15) is 12.5 Å². The van der Waals surface area contributed by atoms with Gasteiger partial charge in [-0.25, -0.2) is 0 Å². The number of hydrogen-bond donors (Lipinski definition) is 0. The summed E-state index contributed by atoms with van der Waals surface area (Å²) < 4.78 is 42.5. The standard InChI is InChI=1S/C12H9BrF3NO2/c1-19-6-10(18)8(5-17)7-3-2-4-9(11(7)13)12(14,15)16/h2-4,8H,6H2,1H3. The fraction of sp³-hybridized carbons (Fsp3) is 0.333. The second kappa shape index (κ2) is 6.17. The van der Waals surface area contributed by atoms with E-state index >= 15 is 0 Å². The van der Waals surface area contributed by atoms with E-state index in [4.69, 9.17) is 5.26 Å². The first-order valence-corrected chi connectivity index (χ1v) is 5.89. The summed E-state index contributed by atoms with van der Waals surface area (Å²) in [5.74, 6) is -1.89. The maximum absolute atomic E-state index is 12.7. The van der Waals surface area contributed by atoms with E-state index < -0.39 is 23.4 Å². The molecule has 19 heavy (non-hydrogen) atoms. The van der Waals surface area contributed by atoms with Crippen molar-refractivity contribution in [3.8, 4) is 6.07 Å². The summed E-state index contributed by atoms with van der Waals surface area (Å²) in [5.41, 5.74) is -0.935. The van der Waals surface area contributed by atoms with Crippen LogP contribution in [-0.4, -0.2) is 19.5 Å². The van der Waals surface area contributed by atoms with Gasteiger partial charge in [-0.15, -0.1) is 0 Å². The van der Waals surface area contributed by atoms with Crippen molar-refractivity contribution in [3.05, 3.63) is 33.8 Å². The van der Waals surface area contributed by atoms with Crippen LogP contribution in [0.3, 0.4) is 0 Å². The molecule has 0 N–H and O–H groups in total. The van der Waals surface area contributed by atoms with E-state index in [9.17, 15) is 18.0 Å². The Hall–Kier alpha value is -1.39. The maximum atomic E-state index is 12.7. The highest BCUT2D eigenvalue weighted by Crippen LogP contribution is 2.38. The lowest BCUT2D eigenvalue weighted by molar-refractivity contribution is -0.138. The molecular weight excluding hydrogens is 327 g/mol. The molecule has 0 fully saturated rings. The van der Waals surface area contributed by atoms with E-state index in [1.165, 1.54) is 13.2 Å². The number of hydrogen-bond acceptors (Lipinski definition) is 3. The van der Waals surface area contributed by atoms with Crippen LogP contribution in [0.1, 0.15) is 17.0 Å². The number of carbonyl (C=O) groups excluding carboxylic acids is 1. The van der Waals surface area contributed by atoms with Gasteiger partial charge in [-0.2, -0.15) is 18.4 Å². The van der Waals surface area contributed by atoms with Crippen molar-refractivity contribution in [1.29, 1.82) is 5.26 Å². The van der Waals surface area contributed by atoms with Crippen LogP contribution >= 0.6 is 15.9 Å². The van der Waals surface area contributed by atoms with Crippen LogP contribution in [0.15, 0.2) is 22.7 Å².